The topological polar surface area (TPSA) is 21.3 Å². The molecule has 78 valence electrons. The Morgan fingerprint density at radius 2 is 2.00 bits per heavy atom. The third kappa shape index (κ3) is 4.28. The van der Waals surface area contributed by atoms with Gasteiger partial charge in [-0.3, -0.25) is 0 Å². The molecule has 0 saturated heterocycles. The quantitative estimate of drug-likeness (QED) is 0.748. The van der Waals surface area contributed by atoms with Crippen LogP contribution in [0.4, 0.5) is 0 Å². The first-order valence-corrected chi connectivity index (χ1v) is 5.21. The molecule has 0 radical (unpaired) electrons. The van der Waals surface area contributed by atoms with E-state index in [1.807, 2.05) is 30.3 Å². The Morgan fingerprint density at radius 3 is 2.64 bits per heavy atom. The summed E-state index contributed by atoms with van der Waals surface area (Å²) in [5.74, 6) is 1.51. The van der Waals surface area contributed by atoms with Crippen molar-refractivity contribution in [3.8, 4) is 5.75 Å². The number of nitrogens with one attached hydrogen (secondary N) is 1. The van der Waals surface area contributed by atoms with E-state index in [0.29, 0.717) is 5.92 Å². The van der Waals surface area contributed by atoms with Crippen molar-refractivity contribution in [1.29, 1.82) is 0 Å². The van der Waals surface area contributed by atoms with Gasteiger partial charge >= 0.3 is 0 Å². The molecule has 1 aromatic rings. The van der Waals surface area contributed by atoms with Crippen LogP contribution in [0.3, 0.4) is 0 Å². The van der Waals surface area contributed by atoms with E-state index in [0.717, 1.165) is 25.4 Å². The number of hydrogen-bond donors (Lipinski definition) is 1. The summed E-state index contributed by atoms with van der Waals surface area (Å²) in [4.78, 5) is 0. The molecule has 0 fully saturated rings. The van der Waals surface area contributed by atoms with Crippen molar-refractivity contribution in [3.05, 3.63) is 30.3 Å². The van der Waals surface area contributed by atoms with Crippen molar-refractivity contribution in [2.24, 2.45) is 5.92 Å². The van der Waals surface area contributed by atoms with Crippen LogP contribution in [0, 0.1) is 5.92 Å². The average Bonchev–Trinajstić information content (AvgIpc) is 2.25. The number of ether oxygens (including phenoxy) is 1. The molecule has 2 nitrogen and oxygen atoms in total. The van der Waals surface area contributed by atoms with Crippen molar-refractivity contribution in [3.63, 3.8) is 0 Å². The second-order valence-electron chi connectivity index (χ2n) is 3.54. The van der Waals surface area contributed by atoms with Crippen LogP contribution < -0.4 is 10.1 Å². The molecule has 2 heteroatoms. The molecule has 0 spiro atoms. The third-order valence-corrected chi connectivity index (χ3v) is 2.02. The van der Waals surface area contributed by atoms with E-state index in [-0.39, 0.29) is 0 Å². The average molecular weight is 193 g/mol. The van der Waals surface area contributed by atoms with E-state index >= 15 is 0 Å². The molecular formula is C12H19NO. The highest BCUT2D eigenvalue weighted by molar-refractivity contribution is 5.20. The zero-order valence-corrected chi connectivity index (χ0v) is 8.99. The molecule has 1 aromatic carbocycles. The van der Waals surface area contributed by atoms with Gasteiger partial charge in [0.1, 0.15) is 5.75 Å². The Kier molecular flexibility index (Phi) is 5.08. The first kappa shape index (κ1) is 11.1. The fourth-order valence-corrected chi connectivity index (χ4v) is 1.20. The van der Waals surface area contributed by atoms with Gasteiger partial charge < -0.3 is 10.1 Å². The molecule has 1 rings (SSSR count). The maximum Gasteiger partial charge on any atom is 0.119 e. The van der Waals surface area contributed by atoms with Gasteiger partial charge in [-0.05, 0) is 18.7 Å². The Bertz CT molecular complexity index is 235. The van der Waals surface area contributed by atoms with Gasteiger partial charge in [-0.2, -0.15) is 0 Å². The zero-order valence-electron chi connectivity index (χ0n) is 8.99. The van der Waals surface area contributed by atoms with Crippen LogP contribution in [-0.2, 0) is 0 Å². The van der Waals surface area contributed by atoms with Gasteiger partial charge in [0.2, 0.25) is 0 Å². The van der Waals surface area contributed by atoms with Crippen molar-refractivity contribution < 1.29 is 4.74 Å². The van der Waals surface area contributed by atoms with Gasteiger partial charge in [-0.15, -0.1) is 0 Å². The number of hydrogen-bond acceptors (Lipinski definition) is 2. The normalized spacial score (nSPS) is 12.4. The van der Waals surface area contributed by atoms with Crippen LogP contribution in [0.15, 0.2) is 30.3 Å². The minimum atomic E-state index is 0.551. The molecular weight excluding hydrogens is 174 g/mol. The lowest BCUT2D eigenvalue weighted by Crippen LogP contribution is -2.24. The summed E-state index contributed by atoms with van der Waals surface area (Å²) >= 11 is 0. The molecule has 1 N–H and O–H groups in total. The lowest BCUT2D eigenvalue weighted by Gasteiger charge is -2.13. The SMILES string of the molecule is CCNCC(C)COc1ccccc1. The van der Waals surface area contributed by atoms with Gasteiger partial charge in [0.05, 0.1) is 6.61 Å². The molecule has 1 unspecified atom stereocenters. The van der Waals surface area contributed by atoms with E-state index in [1.165, 1.54) is 0 Å². The number of rotatable bonds is 6. The van der Waals surface area contributed by atoms with Gasteiger partial charge in [0, 0.05) is 12.5 Å². The lowest BCUT2D eigenvalue weighted by atomic mass is 10.2. The van der Waals surface area contributed by atoms with Crippen LogP contribution >= 0.6 is 0 Å². The first-order chi connectivity index (χ1) is 6.83. The van der Waals surface area contributed by atoms with E-state index in [1.54, 1.807) is 0 Å². The largest absolute Gasteiger partial charge is 0.493 e. The van der Waals surface area contributed by atoms with E-state index < -0.39 is 0 Å². The van der Waals surface area contributed by atoms with Crippen molar-refractivity contribution in [1.82, 2.24) is 5.32 Å². The molecule has 1 atom stereocenters. The maximum atomic E-state index is 5.62. The lowest BCUT2D eigenvalue weighted by molar-refractivity contribution is 0.256. The smallest absolute Gasteiger partial charge is 0.119 e. The van der Waals surface area contributed by atoms with Gasteiger partial charge in [0.25, 0.3) is 0 Å². The van der Waals surface area contributed by atoms with Crippen LogP contribution in [0.1, 0.15) is 13.8 Å². The summed E-state index contributed by atoms with van der Waals surface area (Å²) in [5, 5.41) is 3.30. The van der Waals surface area contributed by atoms with Gasteiger partial charge in [-0.1, -0.05) is 32.0 Å². The number of benzene rings is 1. The van der Waals surface area contributed by atoms with E-state index in [9.17, 15) is 0 Å². The summed E-state index contributed by atoms with van der Waals surface area (Å²) < 4.78 is 5.62. The third-order valence-electron chi connectivity index (χ3n) is 2.02. The minimum absolute atomic E-state index is 0.551. The number of para-hydroxylation sites is 1. The minimum Gasteiger partial charge on any atom is -0.493 e. The molecule has 0 aliphatic heterocycles. The standard InChI is InChI=1S/C12H19NO/c1-3-13-9-11(2)10-14-12-7-5-4-6-8-12/h4-8,11,13H,3,9-10H2,1-2H3. The second-order valence-corrected chi connectivity index (χ2v) is 3.54. The molecule has 0 aliphatic carbocycles. The molecule has 0 amide bonds. The fourth-order valence-electron chi connectivity index (χ4n) is 1.20. The molecule has 0 aliphatic rings. The van der Waals surface area contributed by atoms with E-state index in [2.05, 4.69) is 19.2 Å². The predicted molar refractivity (Wildman–Crippen MR) is 59.6 cm³/mol. The summed E-state index contributed by atoms with van der Waals surface area (Å²) in [5.41, 5.74) is 0. The highest BCUT2D eigenvalue weighted by atomic mass is 16.5. The Morgan fingerprint density at radius 1 is 1.29 bits per heavy atom. The van der Waals surface area contributed by atoms with E-state index in [4.69, 9.17) is 4.74 Å². The zero-order chi connectivity index (χ0) is 10.2. The molecule has 14 heavy (non-hydrogen) atoms. The predicted octanol–water partition coefficient (Wildman–Crippen LogP) is 2.31. The highest BCUT2D eigenvalue weighted by Crippen LogP contribution is 2.09. The van der Waals surface area contributed by atoms with Crippen LogP contribution in [-0.4, -0.2) is 19.7 Å². The van der Waals surface area contributed by atoms with Crippen LogP contribution in [0.2, 0.25) is 0 Å². The maximum absolute atomic E-state index is 5.62. The molecule has 0 bridgehead atoms. The summed E-state index contributed by atoms with van der Waals surface area (Å²) in [6.45, 7) is 7.12. The first-order valence-electron chi connectivity index (χ1n) is 5.21. The monoisotopic (exact) mass is 193 g/mol. The Labute approximate surface area is 86.3 Å². The molecule has 0 heterocycles. The van der Waals surface area contributed by atoms with Crippen LogP contribution in [0.5, 0.6) is 5.75 Å². The summed E-state index contributed by atoms with van der Waals surface area (Å²) in [7, 11) is 0. The van der Waals surface area contributed by atoms with Crippen molar-refractivity contribution >= 4 is 0 Å². The highest BCUT2D eigenvalue weighted by Gasteiger charge is 2.01. The summed E-state index contributed by atoms with van der Waals surface area (Å²) in [6, 6.07) is 9.95. The summed E-state index contributed by atoms with van der Waals surface area (Å²) in [6.07, 6.45) is 0. The van der Waals surface area contributed by atoms with Crippen LogP contribution in [0.25, 0.3) is 0 Å². The van der Waals surface area contributed by atoms with Gasteiger partial charge in [-0.25, -0.2) is 0 Å². The molecule has 0 saturated carbocycles. The second kappa shape index (κ2) is 6.44. The molecule has 0 aromatic heterocycles. The fraction of sp³-hybridized carbons (Fsp3) is 0.500. The van der Waals surface area contributed by atoms with Crippen molar-refractivity contribution in [2.75, 3.05) is 19.7 Å². The Balaban J connectivity index is 2.20. The van der Waals surface area contributed by atoms with Gasteiger partial charge in [0.15, 0.2) is 0 Å². The Hall–Kier alpha value is -1.02. The van der Waals surface area contributed by atoms with Crippen molar-refractivity contribution in [2.45, 2.75) is 13.8 Å².